The van der Waals surface area contributed by atoms with E-state index in [1.54, 1.807) is 11.3 Å². The van der Waals surface area contributed by atoms with Gasteiger partial charge in [-0.25, -0.2) is 9.67 Å². The molecule has 2 aromatic heterocycles. The molecular weight excluding hydrogens is 350 g/mol. The predicted molar refractivity (Wildman–Crippen MR) is 112 cm³/mol. The predicted octanol–water partition coefficient (Wildman–Crippen LogP) is 5.83. The van der Waals surface area contributed by atoms with Crippen molar-refractivity contribution in [3.63, 3.8) is 0 Å². The number of hydrogen-bond acceptors (Lipinski definition) is 3. The third kappa shape index (κ3) is 2.72. The monoisotopic (exact) mass is 371 g/mol. The summed E-state index contributed by atoms with van der Waals surface area (Å²) in [7, 11) is 0. The van der Waals surface area contributed by atoms with Crippen molar-refractivity contribution in [2.24, 2.45) is 0 Å². The molecule has 0 saturated carbocycles. The van der Waals surface area contributed by atoms with Gasteiger partial charge in [-0.3, -0.25) is 0 Å². The SMILES string of the molecule is CCCc1nn(-c2nc(-c3ccc(C)cc3)cs2)c2c1Cc1ccccc1-2. The number of nitrogens with zero attached hydrogens (tertiary/aromatic N) is 3. The van der Waals surface area contributed by atoms with Gasteiger partial charge in [-0.15, -0.1) is 11.3 Å². The fraction of sp³-hybridized carbons (Fsp3) is 0.217. The molecule has 134 valence electrons. The zero-order valence-electron chi connectivity index (χ0n) is 15.6. The van der Waals surface area contributed by atoms with Crippen LogP contribution in [0.25, 0.3) is 27.6 Å². The van der Waals surface area contributed by atoms with Crippen molar-refractivity contribution >= 4 is 11.3 Å². The molecule has 5 rings (SSSR count). The van der Waals surface area contributed by atoms with E-state index in [0.717, 1.165) is 35.7 Å². The number of aromatic nitrogens is 3. The summed E-state index contributed by atoms with van der Waals surface area (Å²) in [4.78, 5) is 4.92. The minimum atomic E-state index is 0.945. The normalized spacial score (nSPS) is 12.2. The molecule has 0 bridgehead atoms. The van der Waals surface area contributed by atoms with E-state index in [1.807, 2.05) is 0 Å². The first kappa shape index (κ1) is 16.5. The quantitative estimate of drug-likeness (QED) is 0.398. The van der Waals surface area contributed by atoms with Gasteiger partial charge in [-0.2, -0.15) is 5.10 Å². The topological polar surface area (TPSA) is 30.7 Å². The Kier molecular flexibility index (Phi) is 3.94. The molecule has 1 aliphatic carbocycles. The molecule has 0 N–H and O–H groups in total. The molecule has 4 aromatic rings. The number of fused-ring (bicyclic) bond motifs is 3. The average Bonchev–Trinajstić information content (AvgIpc) is 3.38. The lowest BCUT2D eigenvalue weighted by molar-refractivity contribution is 0.800. The maximum absolute atomic E-state index is 4.98. The summed E-state index contributed by atoms with van der Waals surface area (Å²) in [6.07, 6.45) is 3.10. The van der Waals surface area contributed by atoms with Crippen LogP contribution < -0.4 is 0 Å². The molecule has 3 nitrogen and oxygen atoms in total. The molecule has 0 fully saturated rings. The zero-order chi connectivity index (χ0) is 18.4. The molecule has 0 atom stereocenters. The van der Waals surface area contributed by atoms with E-state index in [1.165, 1.54) is 33.6 Å². The number of aryl methyl sites for hydroxylation is 2. The summed E-state index contributed by atoms with van der Waals surface area (Å²) in [6, 6.07) is 17.2. The van der Waals surface area contributed by atoms with E-state index in [0.29, 0.717) is 0 Å². The number of hydrogen-bond donors (Lipinski definition) is 0. The highest BCUT2D eigenvalue weighted by molar-refractivity contribution is 7.12. The molecule has 0 radical (unpaired) electrons. The third-order valence-corrected chi connectivity index (χ3v) is 6.03. The van der Waals surface area contributed by atoms with E-state index in [-0.39, 0.29) is 0 Å². The molecule has 1 aliphatic rings. The van der Waals surface area contributed by atoms with Crippen LogP contribution in [0.15, 0.2) is 53.9 Å². The average molecular weight is 372 g/mol. The first-order chi connectivity index (χ1) is 13.2. The van der Waals surface area contributed by atoms with Crippen molar-refractivity contribution < 1.29 is 0 Å². The molecule has 0 saturated heterocycles. The second kappa shape index (κ2) is 6.46. The van der Waals surface area contributed by atoms with Crippen LogP contribution >= 0.6 is 11.3 Å². The highest BCUT2D eigenvalue weighted by atomic mass is 32.1. The standard InChI is InChI=1S/C23H21N3S/c1-3-6-20-19-13-17-7-4-5-8-18(17)22(19)26(25-20)23-24-21(14-27-23)16-11-9-15(2)10-12-16/h4-5,7-12,14H,3,6,13H2,1-2H3. The van der Waals surface area contributed by atoms with Gasteiger partial charge in [-0.05, 0) is 18.9 Å². The summed E-state index contributed by atoms with van der Waals surface area (Å²) in [5.74, 6) is 0. The first-order valence-corrected chi connectivity index (χ1v) is 10.3. The van der Waals surface area contributed by atoms with Gasteiger partial charge in [0.15, 0.2) is 0 Å². The van der Waals surface area contributed by atoms with E-state index in [2.05, 4.69) is 72.4 Å². The van der Waals surface area contributed by atoms with Crippen LogP contribution in [0, 0.1) is 6.92 Å². The van der Waals surface area contributed by atoms with Crippen molar-refractivity contribution in [2.75, 3.05) is 0 Å². The van der Waals surface area contributed by atoms with Gasteiger partial charge in [-0.1, -0.05) is 67.4 Å². The molecule has 4 heteroatoms. The lowest BCUT2D eigenvalue weighted by Gasteiger charge is -2.04. The molecule has 0 aliphatic heterocycles. The zero-order valence-corrected chi connectivity index (χ0v) is 16.4. The minimum absolute atomic E-state index is 0.945. The van der Waals surface area contributed by atoms with Crippen LogP contribution in [0.4, 0.5) is 0 Å². The Bertz CT molecular complexity index is 1120. The van der Waals surface area contributed by atoms with Crippen LogP contribution in [0.1, 0.15) is 35.7 Å². The Hall–Kier alpha value is -2.72. The largest absolute Gasteiger partial charge is 0.218 e. The molecule has 0 spiro atoms. The Morgan fingerprint density at radius 2 is 1.89 bits per heavy atom. The van der Waals surface area contributed by atoms with Gasteiger partial charge in [0.05, 0.1) is 17.1 Å². The van der Waals surface area contributed by atoms with Crippen molar-refractivity contribution in [2.45, 2.75) is 33.1 Å². The van der Waals surface area contributed by atoms with E-state index in [4.69, 9.17) is 10.1 Å². The van der Waals surface area contributed by atoms with E-state index >= 15 is 0 Å². The lowest BCUT2D eigenvalue weighted by atomic mass is 10.1. The molecule has 2 aromatic carbocycles. The summed E-state index contributed by atoms with van der Waals surface area (Å²) in [6.45, 7) is 4.32. The van der Waals surface area contributed by atoms with Gasteiger partial charge in [0.1, 0.15) is 0 Å². The fourth-order valence-electron chi connectivity index (χ4n) is 3.85. The van der Waals surface area contributed by atoms with Crippen LogP contribution in [-0.2, 0) is 12.8 Å². The molecule has 2 heterocycles. The number of rotatable bonds is 4. The van der Waals surface area contributed by atoms with Crippen molar-refractivity contribution in [3.8, 4) is 27.6 Å². The van der Waals surface area contributed by atoms with Gasteiger partial charge in [0.2, 0.25) is 5.13 Å². The Balaban J connectivity index is 1.63. The van der Waals surface area contributed by atoms with Crippen LogP contribution in [0.5, 0.6) is 0 Å². The molecule has 0 amide bonds. The van der Waals surface area contributed by atoms with Gasteiger partial charge in [0, 0.05) is 28.5 Å². The summed E-state index contributed by atoms with van der Waals surface area (Å²) < 4.78 is 2.08. The highest BCUT2D eigenvalue weighted by Gasteiger charge is 2.28. The summed E-state index contributed by atoms with van der Waals surface area (Å²) in [5.41, 5.74) is 9.96. The Labute approximate surface area is 163 Å². The molecular formula is C23H21N3S. The second-order valence-electron chi connectivity index (χ2n) is 7.15. The van der Waals surface area contributed by atoms with Gasteiger partial charge < -0.3 is 0 Å². The van der Waals surface area contributed by atoms with E-state index in [9.17, 15) is 0 Å². The summed E-state index contributed by atoms with van der Waals surface area (Å²) in [5, 5.41) is 8.06. The Morgan fingerprint density at radius 3 is 2.70 bits per heavy atom. The van der Waals surface area contributed by atoms with Crippen LogP contribution in [0.3, 0.4) is 0 Å². The maximum Gasteiger partial charge on any atom is 0.211 e. The van der Waals surface area contributed by atoms with Crippen molar-refractivity contribution in [1.82, 2.24) is 14.8 Å². The van der Waals surface area contributed by atoms with Crippen molar-refractivity contribution in [1.29, 1.82) is 0 Å². The molecule has 27 heavy (non-hydrogen) atoms. The number of thiazole rings is 1. The highest BCUT2D eigenvalue weighted by Crippen LogP contribution is 2.40. The maximum atomic E-state index is 4.98. The summed E-state index contributed by atoms with van der Waals surface area (Å²) >= 11 is 1.66. The minimum Gasteiger partial charge on any atom is -0.218 e. The Morgan fingerprint density at radius 1 is 1.07 bits per heavy atom. The second-order valence-corrected chi connectivity index (χ2v) is 7.99. The van der Waals surface area contributed by atoms with Crippen molar-refractivity contribution in [3.05, 3.63) is 76.3 Å². The lowest BCUT2D eigenvalue weighted by Crippen LogP contribution is -2.00. The van der Waals surface area contributed by atoms with Crippen LogP contribution in [-0.4, -0.2) is 14.8 Å². The van der Waals surface area contributed by atoms with Gasteiger partial charge >= 0.3 is 0 Å². The fourth-order valence-corrected chi connectivity index (χ4v) is 4.64. The number of benzene rings is 2. The third-order valence-electron chi connectivity index (χ3n) is 5.21. The van der Waals surface area contributed by atoms with Gasteiger partial charge in [0.25, 0.3) is 0 Å². The smallest absolute Gasteiger partial charge is 0.211 e. The van der Waals surface area contributed by atoms with E-state index < -0.39 is 0 Å². The van der Waals surface area contributed by atoms with Crippen LogP contribution in [0.2, 0.25) is 0 Å². The first-order valence-electron chi connectivity index (χ1n) is 9.46. The molecule has 0 unspecified atom stereocenters.